The highest BCUT2D eigenvalue weighted by Gasteiger charge is 2.34. The maximum atomic E-state index is 11.9. The van der Waals surface area contributed by atoms with Gasteiger partial charge in [0.2, 0.25) is 0 Å². The number of carbonyl (C=O) groups excluding carboxylic acids is 1. The molecule has 1 aliphatic heterocycles. The first-order valence-electron chi connectivity index (χ1n) is 5.76. The lowest BCUT2D eigenvalue weighted by Crippen LogP contribution is -2.23. The number of hydrogen-bond donors (Lipinski definition) is 0. The molecule has 0 saturated carbocycles. The summed E-state index contributed by atoms with van der Waals surface area (Å²) in [6.45, 7) is 0. The van der Waals surface area contributed by atoms with Crippen LogP contribution < -0.4 is 0 Å². The van der Waals surface area contributed by atoms with E-state index in [-0.39, 0.29) is 11.3 Å². The van der Waals surface area contributed by atoms with Gasteiger partial charge < -0.3 is 4.74 Å². The number of hydrogen-bond acceptors (Lipinski definition) is 2. The molecule has 3 rings (SSSR count). The summed E-state index contributed by atoms with van der Waals surface area (Å²) in [5, 5.41) is -0.346. The summed E-state index contributed by atoms with van der Waals surface area (Å²) in [7, 11) is 0. The highest BCUT2D eigenvalue weighted by molar-refractivity contribution is 6.22. The predicted molar refractivity (Wildman–Crippen MR) is 69.6 cm³/mol. The Kier molecular flexibility index (Phi) is 2.80. The summed E-state index contributed by atoms with van der Waals surface area (Å²) in [6, 6.07) is 16.9. The summed E-state index contributed by atoms with van der Waals surface area (Å²) < 4.78 is 5.44. The van der Waals surface area contributed by atoms with Crippen LogP contribution in [0.4, 0.5) is 0 Å². The van der Waals surface area contributed by atoms with Crippen molar-refractivity contribution in [2.45, 2.75) is 11.5 Å². The molecule has 0 spiro atoms. The fraction of sp³-hybridized carbons (Fsp3) is 0.133. The molecule has 90 valence electrons. The Morgan fingerprint density at radius 1 is 0.944 bits per heavy atom. The largest absolute Gasteiger partial charge is 0.452 e. The fourth-order valence-electron chi connectivity index (χ4n) is 2.20. The summed E-state index contributed by atoms with van der Waals surface area (Å²) >= 11 is 6.44. The summed E-state index contributed by atoms with van der Waals surface area (Å²) in [5.41, 5.74) is 2.31. The average Bonchev–Trinajstić information content (AvgIpc) is 2.44. The first-order chi connectivity index (χ1) is 8.77. The van der Waals surface area contributed by atoms with Crippen molar-refractivity contribution in [3.05, 3.63) is 71.3 Å². The normalized spacial score (nSPS) is 22.2. The molecule has 0 saturated heterocycles. The number of fused-ring (bicyclic) bond motifs is 1. The standard InChI is InChI=1S/C15H11ClO2/c16-13-11-8-4-5-9-12(11)15(17)18-14(13)10-6-2-1-3-7-10/h1-9,13-14H/t13-,14+/m1/s1. The first kappa shape index (κ1) is 11.3. The Bertz CT molecular complexity index is 580. The minimum absolute atomic E-state index is 0.309. The zero-order chi connectivity index (χ0) is 12.5. The topological polar surface area (TPSA) is 26.3 Å². The van der Waals surface area contributed by atoms with Crippen LogP contribution >= 0.6 is 11.6 Å². The minimum atomic E-state index is -0.421. The maximum absolute atomic E-state index is 11.9. The molecule has 0 fully saturated rings. The maximum Gasteiger partial charge on any atom is 0.339 e. The quantitative estimate of drug-likeness (QED) is 0.573. The van der Waals surface area contributed by atoms with Crippen molar-refractivity contribution in [1.29, 1.82) is 0 Å². The minimum Gasteiger partial charge on any atom is -0.452 e. The Morgan fingerprint density at radius 3 is 2.39 bits per heavy atom. The van der Waals surface area contributed by atoms with Crippen LogP contribution in [-0.4, -0.2) is 5.97 Å². The third kappa shape index (κ3) is 1.79. The Morgan fingerprint density at radius 2 is 1.61 bits per heavy atom. The highest BCUT2D eigenvalue weighted by atomic mass is 35.5. The average molecular weight is 259 g/mol. The molecule has 1 heterocycles. The highest BCUT2D eigenvalue weighted by Crippen LogP contribution is 2.42. The van der Waals surface area contributed by atoms with E-state index >= 15 is 0 Å². The van der Waals surface area contributed by atoms with E-state index in [0.29, 0.717) is 5.56 Å². The van der Waals surface area contributed by atoms with Crippen molar-refractivity contribution in [2.75, 3.05) is 0 Å². The number of carbonyl (C=O) groups is 1. The van der Waals surface area contributed by atoms with E-state index in [9.17, 15) is 4.79 Å². The van der Waals surface area contributed by atoms with E-state index in [2.05, 4.69) is 0 Å². The molecular formula is C15H11ClO2. The molecule has 2 aromatic rings. The van der Waals surface area contributed by atoms with Gasteiger partial charge in [-0.2, -0.15) is 0 Å². The first-order valence-corrected chi connectivity index (χ1v) is 6.20. The summed E-state index contributed by atoms with van der Waals surface area (Å²) in [6.07, 6.45) is -0.421. The summed E-state index contributed by atoms with van der Waals surface area (Å²) in [4.78, 5) is 11.9. The molecule has 18 heavy (non-hydrogen) atoms. The monoisotopic (exact) mass is 258 g/mol. The zero-order valence-electron chi connectivity index (χ0n) is 9.55. The van der Waals surface area contributed by atoms with Crippen LogP contribution in [0.1, 0.15) is 33.0 Å². The van der Waals surface area contributed by atoms with E-state index in [1.54, 1.807) is 6.07 Å². The number of rotatable bonds is 1. The Balaban J connectivity index is 2.05. The van der Waals surface area contributed by atoms with Gasteiger partial charge in [-0.05, 0) is 17.2 Å². The van der Waals surface area contributed by atoms with Crippen LogP contribution in [0.5, 0.6) is 0 Å². The van der Waals surface area contributed by atoms with Gasteiger partial charge in [-0.25, -0.2) is 4.79 Å². The van der Waals surface area contributed by atoms with Gasteiger partial charge in [-0.1, -0.05) is 48.5 Å². The number of benzene rings is 2. The molecule has 0 bridgehead atoms. The van der Waals surface area contributed by atoms with Crippen molar-refractivity contribution in [3.63, 3.8) is 0 Å². The summed E-state index contributed by atoms with van der Waals surface area (Å²) in [5.74, 6) is -0.309. The molecule has 2 aromatic carbocycles. The lowest BCUT2D eigenvalue weighted by Gasteiger charge is -2.29. The number of alkyl halides is 1. The Labute approximate surface area is 110 Å². The zero-order valence-corrected chi connectivity index (χ0v) is 10.3. The van der Waals surface area contributed by atoms with Gasteiger partial charge in [0.1, 0.15) is 11.5 Å². The second kappa shape index (κ2) is 4.46. The van der Waals surface area contributed by atoms with Crippen molar-refractivity contribution >= 4 is 17.6 Å². The van der Waals surface area contributed by atoms with Gasteiger partial charge >= 0.3 is 5.97 Å². The fourth-order valence-corrected chi connectivity index (χ4v) is 2.59. The number of esters is 1. The van der Waals surface area contributed by atoms with Gasteiger partial charge in [0.15, 0.2) is 0 Å². The third-order valence-corrected chi connectivity index (χ3v) is 3.57. The molecule has 1 aliphatic rings. The molecule has 0 aromatic heterocycles. The molecule has 2 nitrogen and oxygen atoms in total. The van der Waals surface area contributed by atoms with E-state index in [1.807, 2.05) is 48.5 Å². The second-order valence-electron chi connectivity index (χ2n) is 4.23. The van der Waals surface area contributed by atoms with Gasteiger partial charge in [0.25, 0.3) is 0 Å². The van der Waals surface area contributed by atoms with Crippen LogP contribution in [0.2, 0.25) is 0 Å². The SMILES string of the molecule is O=C1O[C@@H](c2ccccc2)[C@H](Cl)c2ccccc21. The van der Waals surface area contributed by atoms with Crippen molar-refractivity contribution in [3.8, 4) is 0 Å². The van der Waals surface area contributed by atoms with Crippen LogP contribution in [0, 0.1) is 0 Å². The van der Waals surface area contributed by atoms with Crippen LogP contribution in [-0.2, 0) is 4.74 Å². The predicted octanol–water partition coefficient (Wildman–Crippen LogP) is 3.88. The molecule has 0 radical (unpaired) electrons. The Hall–Kier alpha value is -1.80. The molecule has 2 atom stereocenters. The van der Waals surface area contributed by atoms with E-state index < -0.39 is 6.10 Å². The number of halogens is 1. The van der Waals surface area contributed by atoms with Crippen LogP contribution in [0.3, 0.4) is 0 Å². The second-order valence-corrected chi connectivity index (χ2v) is 4.70. The van der Waals surface area contributed by atoms with Gasteiger partial charge in [0, 0.05) is 0 Å². The van der Waals surface area contributed by atoms with Crippen molar-refractivity contribution in [2.24, 2.45) is 0 Å². The smallest absolute Gasteiger partial charge is 0.339 e. The van der Waals surface area contributed by atoms with Crippen molar-refractivity contribution in [1.82, 2.24) is 0 Å². The van der Waals surface area contributed by atoms with Crippen LogP contribution in [0.25, 0.3) is 0 Å². The lowest BCUT2D eigenvalue weighted by atomic mass is 9.94. The number of cyclic esters (lactones) is 1. The molecular weight excluding hydrogens is 248 g/mol. The molecule has 0 N–H and O–H groups in total. The van der Waals surface area contributed by atoms with E-state index in [1.165, 1.54) is 0 Å². The lowest BCUT2D eigenvalue weighted by molar-refractivity contribution is 0.0238. The van der Waals surface area contributed by atoms with Crippen molar-refractivity contribution < 1.29 is 9.53 Å². The molecule has 0 amide bonds. The number of ether oxygens (including phenoxy) is 1. The van der Waals surface area contributed by atoms with Crippen LogP contribution in [0.15, 0.2) is 54.6 Å². The third-order valence-electron chi connectivity index (χ3n) is 3.11. The molecule has 0 aliphatic carbocycles. The molecule has 0 unspecified atom stereocenters. The van der Waals surface area contributed by atoms with E-state index in [0.717, 1.165) is 11.1 Å². The van der Waals surface area contributed by atoms with Gasteiger partial charge in [0.05, 0.1) is 5.56 Å². The molecule has 3 heteroatoms. The van der Waals surface area contributed by atoms with E-state index in [4.69, 9.17) is 16.3 Å². The van der Waals surface area contributed by atoms with Gasteiger partial charge in [-0.3, -0.25) is 0 Å². The van der Waals surface area contributed by atoms with Gasteiger partial charge in [-0.15, -0.1) is 11.6 Å².